The Bertz CT molecular complexity index is 992. The number of aromatic nitrogens is 4. The van der Waals surface area contributed by atoms with Gasteiger partial charge in [-0.2, -0.15) is 5.10 Å². The van der Waals surface area contributed by atoms with E-state index in [0.717, 1.165) is 0 Å². The number of rotatable bonds is 3. The minimum Gasteiger partial charge on any atom is -0.449 e. The molecular formula is C14H9ClN4O4. The Balaban J connectivity index is 2.07. The third-order valence-electron chi connectivity index (χ3n) is 2.99. The fourth-order valence-electron chi connectivity index (χ4n) is 1.98. The second kappa shape index (κ2) is 5.58. The molecular weight excluding hydrogens is 324 g/mol. The molecule has 0 aliphatic heterocycles. The molecule has 0 saturated carbocycles. The number of H-pyrrole nitrogens is 1. The van der Waals surface area contributed by atoms with Gasteiger partial charge in [0, 0.05) is 5.03 Å². The van der Waals surface area contributed by atoms with Crippen molar-refractivity contribution < 1.29 is 14.6 Å². The highest BCUT2D eigenvalue weighted by Crippen LogP contribution is 2.20. The van der Waals surface area contributed by atoms with Crippen LogP contribution in [0.3, 0.4) is 0 Å². The van der Waals surface area contributed by atoms with Crippen molar-refractivity contribution >= 4 is 33.7 Å². The summed E-state index contributed by atoms with van der Waals surface area (Å²) in [6.07, 6.45) is 1.02. The predicted octanol–water partition coefficient (Wildman–Crippen LogP) is 2.38. The van der Waals surface area contributed by atoms with Gasteiger partial charge in [0.25, 0.3) is 5.56 Å². The number of fused-ring (bicyclic) bond motifs is 1. The van der Waals surface area contributed by atoms with Crippen LogP contribution >= 0.6 is 11.6 Å². The van der Waals surface area contributed by atoms with Crippen molar-refractivity contribution in [2.75, 3.05) is 0 Å². The van der Waals surface area contributed by atoms with Crippen molar-refractivity contribution in [1.82, 2.24) is 19.7 Å². The van der Waals surface area contributed by atoms with Gasteiger partial charge in [-0.3, -0.25) is 9.78 Å². The molecule has 9 heteroatoms. The molecule has 0 aliphatic carbocycles. The van der Waals surface area contributed by atoms with Crippen molar-refractivity contribution in [1.29, 1.82) is 0 Å². The van der Waals surface area contributed by atoms with E-state index in [-0.39, 0.29) is 17.3 Å². The maximum Gasteiger partial charge on any atom is 0.511 e. The highest BCUT2D eigenvalue weighted by molar-refractivity contribution is 6.48. The molecule has 0 radical (unpaired) electrons. The van der Waals surface area contributed by atoms with Crippen molar-refractivity contribution in [2.45, 2.75) is 0 Å². The zero-order chi connectivity index (χ0) is 16.6. The van der Waals surface area contributed by atoms with Crippen LogP contribution in [0.4, 0.5) is 4.79 Å². The minimum absolute atomic E-state index is 0.00836. The van der Waals surface area contributed by atoms with Crippen LogP contribution < -0.4 is 10.3 Å². The van der Waals surface area contributed by atoms with Crippen LogP contribution in [0.1, 0.15) is 5.56 Å². The van der Waals surface area contributed by atoms with E-state index >= 15 is 0 Å². The van der Waals surface area contributed by atoms with E-state index in [4.69, 9.17) is 16.7 Å². The number of carboxylic acid groups (broad SMARTS) is 1. The Kier molecular flexibility index (Phi) is 3.59. The highest BCUT2D eigenvalue weighted by atomic mass is 35.5. The van der Waals surface area contributed by atoms with Crippen LogP contribution in [-0.2, 0) is 0 Å². The number of halogens is 1. The van der Waals surface area contributed by atoms with Crippen LogP contribution in [-0.4, -0.2) is 31.0 Å². The number of nitrogens with zero attached hydrogens (tertiary/aromatic N) is 3. The average molecular weight is 333 g/mol. The van der Waals surface area contributed by atoms with E-state index in [1.165, 1.54) is 17.1 Å². The topological polar surface area (TPSA) is 110 Å². The summed E-state index contributed by atoms with van der Waals surface area (Å²) in [5, 5.41) is 13.1. The largest absolute Gasteiger partial charge is 0.511 e. The fraction of sp³-hybridized carbons (Fsp3) is 0. The van der Waals surface area contributed by atoms with Gasteiger partial charge in [-0.15, -0.1) is 0 Å². The summed E-state index contributed by atoms with van der Waals surface area (Å²) in [6.45, 7) is 3.61. The van der Waals surface area contributed by atoms with E-state index in [1.54, 1.807) is 18.2 Å². The van der Waals surface area contributed by atoms with Crippen LogP contribution in [0.15, 0.2) is 42.0 Å². The molecule has 1 aromatic carbocycles. The Morgan fingerprint density at radius 3 is 2.91 bits per heavy atom. The van der Waals surface area contributed by atoms with Crippen molar-refractivity contribution in [3.8, 4) is 11.7 Å². The van der Waals surface area contributed by atoms with Gasteiger partial charge in [0.1, 0.15) is 0 Å². The Morgan fingerprint density at radius 2 is 2.22 bits per heavy atom. The standard InChI is InChI=1S/C14H9ClN4O4/c1-7(15)8-2-3-11-10(4-8)12(20)18-13(17-11)19-6-9(5-16-19)23-14(21)22/h2-6H,1H2,(H,21,22)(H,17,18,20). The molecule has 2 heterocycles. The summed E-state index contributed by atoms with van der Waals surface area (Å²) in [6, 6.07) is 4.91. The van der Waals surface area contributed by atoms with Crippen LogP contribution in [0.25, 0.3) is 21.9 Å². The smallest absolute Gasteiger partial charge is 0.449 e. The summed E-state index contributed by atoms with van der Waals surface area (Å²) in [5.41, 5.74) is 0.665. The zero-order valence-electron chi connectivity index (χ0n) is 11.5. The number of hydrogen-bond donors (Lipinski definition) is 2. The molecule has 116 valence electrons. The van der Waals surface area contributed by atoms with Gasteiger partial charge in [-0.1, -0.05) is 24.2 Å². The van der Waals surface area contributed by atoms with E-state index in [2.05, 4.69) is 26.4 Å². The number of nitrogens with one attached hydrogen (secondary N) is 1. The lowest BCUT2D eigenvalue weighted by Gasteiger charge is -2.04. The third kappa shape index (κ3) is 2.92. The lowest BCUT2D eigenvalue weighted by Crippen LogP contribution is -2.14. The van der Waals surface area contributed by atoms with Gasteiger partial charge in [-0.25, -0.2) is 14.5 Å². The first-order valence-corrected chi connectivity index (χ1v) is 6.66. The lowest BCUT2D eigenvalue weighted by atomic mass is 10.1. The number of carbonyl (C=O) groups is 1. The molecule has 0 saturated heterocycles. The number of hydrogen-bond acceptors (Lipinski definition) is 5. The molecule has 2 aromatic heterocycles. The highest BCUT2D eigenvalue weighted by Gasteiger charge is 2.10. The quantitative estimate of drug-likeness (QED) is 0.712. The molecule has 0 unspecified atom stereocenters. The molecule has 0 aliphatic rings. The normalized spacial score (nSPS) is 10.7. The first-order chi connectivity index (χ1) is 10.9. The van der Waals surface area contributed by atoms with Crippen LogP contribution in [0, 0.1) is 0 Å². The summed E-state index contributed by atoms with van der Waals surface area (Å²) < 4.78 is 5.67. The number of aromatic amines is 1. The first kappa shape index (κ1) is 14.8. The van der Waals surface area contributed by atoms with Gasteiger partial charge < -0.3 is 9.84 Å². The Hall–Kier alpha value is -3.13. The summed E-state index contributed by atoms with van der Waals surface area (Å²) in [7, 11) is 0. The SMILES string of the molecule is C=C(Cl)c1ccc2nc(-n3cc(OC(=O)O)cn3)[nH]c(=O)c2c1. The average Bonchev–Trinajstić information content (AvgIpc) is 2.94. The third-order valence-corrected chi connectivity index (χ3v) is 3.21. The van der Waals surface area contributed by atoms with Gasteiger partial charge >= 0.3 is 6.16 Å². The van der Waals surface area contributed by atoms with Gasteiger partial charge in [-0.05, 0) is 17.7 Å². The summed E-state index contributed by atoms with van der Waals surface area (Å²) >= 11 is 5.82. The second-order valence-corrected chi connectivity index (χ2v) is 4.97. The van der Waals surface area contributed by atoms with E-state index in [1.807, 2.05) is 0 Å². The molecule has 0 bridgehead atoms. The van der Waals surface area contributed by atoms with Crippen molar-refractivity contribution in [2.24, 2.45) is 0 Å². The lowest BCUT2D eigenvalue weighted by molar-refractivity contribution is 0.144. The fourth-order valence-corrected chi connectivity index (χ4v) is 2.10. The van der Waals surface area contributed by atoms with E-state index in [0.29, 0.717) is 21.5 Å². The second-order valence-electron chi connectivity index (χ2n) is 4.51. The molecule has 2 N–H and O–H groups in total. The van der Waals surface area contributed by atoms with Crippen LogP contribution in [0.2, 0.25) is 0 Å². The minimum atomic E-state index is -1.46. The van der Waals surface area contributed by atoms with Crippen molar-refractivity contribution in [3.63, 3.8) is 0 Å². The number of ether oxygens (including phenoxy) is 1. The monoisotopic (exact) mass is 332 g/mol. The zero-order valence-corrected chi connectivity index (χ0v) is 12.2. The predicted molar refractivity (Wildman–Crippen MR) is 83.0 cm³/mol. The van der Waals surface area contributed by atoms with Crippen molar-refractivity contribution in [3.05, 3.63) is 53.1 Å². The molecule has 0 amide bonds. The molecule has 0 atom stereocenters. The summed E-state index contributed by atoms with van der Waals surface area (Å²) in [5.74, 6) is 0.134. The van der Waals surface area contributed by atoms with Crippen LogP contribution in [0.5, 0.6) is 5.75 Å². The Morgan fingerprint density at radius 1 is 1.43 bits per heavy atom. The van der Waals surface area contributed by atoms with Gasteiger partial charge in [0.05, 0.1) is 23.3 Å². The summed E-state index contributed by atoms with van der Waals surface area (Å²) in [4.78, 5) is 29.5. The molecule has 23 heavy (non-hydrogen) atoms. The molecule has 8 nitrogen and oxygen atoms in total. The maximum atomic E-state index is 12.2. The van der Waals surface area contributed by atoms with E-state index in [9.17, 15) is 9.59 Å². The molecule has 0 spiro atoms. The Labute approximate surface area is 133 Å². The molecule has 3 rings (SSSR count). The first-order valence-electron chi connectivity index (χ1n) is 6.29. The molecule has 0 fully saturated rings. The van der Waals surface area contributed by atoms with Gasteiger partial charge in [0.15, 0.2) is 5.75 Å². The van der Waals surface area contributed by atoms with E-state index < -0.39 is 6.16 Å². The van der Waals surface area contributed by atoms with Gasteiger partial charge in [0.2, 0.25) is 5.95 Å². The maximum absolute atomic E-state index is 12.2. The molecule has 3 aromatic rings. The number of benzene rings is 1.